The third-order valence-electron chi connectivity index (χ3n) is 1.76. The van der Waals surface area contributed by atoms with E-state index in [1.165, 1.54) is 0 Å². The minimum Gasteiger partial charge on any atom is -0.262 e. The van der Waals surface area contributed by atoms with Crippen LogP contribution in [-0.4, -0.2) is 5.71 Å². The molecular weight excluding hydrogens is 146 g/mol. The lowest BCUT2D eigenvalue weighted by Gasteiger charge is -2.21. The van der Waals surface area contributed by atoms with Gasteiger partial charge in [0.2, 0.25) is 0 Å². The Hall–Kier alpha value is -0.850. The van der Waals surface area contributed by atoms with Crippen molar-refractivity contribution in [3.05, 3.63) is 24.4 Å². The molecule has 68 valence electrons. The molecule has 0 amide bonds. The summed E-state index contributed by atoms with van der Waals surface area (Å²) < 4.78 is 0. The van der Waals surface area contributed by atoms with Crippen molar-refractivity contribution in [2.24, 2.45) is 10.4 Å². The lowest BCUT2D eigenvalue weighted by atomic mass is 9.85. The number of nitrogens with zero attached hydrogens (tertiary/aromatic N) is 1. The van der Waals surface area contributed by atoms with Gasteiger partial charge in [-0.25, -0.2) is 0 Å². The van der Waals surface area contributed by atoms with Crippen molar-refractivity contribution in [3.63, 3.8) is 0 Å². The molecule has 0 aliphatic heterocycles. The van der Waals surface area contributed by atoms with Gasteiger partial charge in [0.25, 0.3) is 0 Å². The van der Waals surface area contributed by atoms with Gasteiger partial charge in [0.15, 0.2) is 0 Å². The maximum atomic E-state index is 4.25. The Bertz CT molecular complexity index is 214. The monoisotopic (exact) mass is 165 g/mol. The third-order valence-corrected chi connectivity index (χ3v) is 1.76. The normalized spacial score (nSPS) is 13.9. The molecule has 0 rings (SSSR count). The Kier molecular flexibility index (Phi) is 3.94. The first-order valence-electron chi connectivity index (χ1n) is 4.25. The van der Waals surface area contributed by atoms with Crippen molar-refractivity contribution in [1.82, 2.24) is 0 Å². The molecule has 0 aliphatic carbocycles. The summed E-state index contributed by atoms with van der Waals surface area (Å²) in [4.78, 5) is 4.25. The summed E-state index contributed by atoms with van der Waals surface area (Å²) in [5.74, 6) is 0. The second-order valence-electron chi connectivity index (χ2n) is 3.93. The van der Waals surface area contributed by atoms with Crippen molar-refractivity contribution in [2.45, 2.75) is 34.6 Å². The fraction of sp³-hybridized carbons (Fsp3) is 0.545. The molecule has 0 saturated heterocycles. The lowest BCUT2D eigenvalue weighted by molar-refractivity contribution is 0.526. The summed E-state index contributed by atoms with van der Waals surface area (Å²) in [6.45, 7) is 14.4. The van der Waals surface area contributed by atoms with Gasteiger partial charge in [-0.3, -0.25) is 4.99 Å². The predicted octanol–water partition coefficient (Wildman–Crippen LogP) is 3.58. The van der Waals surface area contributed by atoms with Crippen LogP contribution >= 0.6 is 0 Å². The zero-order valence-corrected chi connectivity index (χ0v) is 8.81. The average Bonchev–Trinajstić information content (AvgIpc) is 1.97. The van der Waals surface area contributed by atoms with E-state index in [0.717, 1.165) is 11.3 Å². The van der Waals surface area contributed by atoms with E-state index in [0.29, 0.717) is 0 Å². The molecule has 12 heavy (non-hydrogen) atoms. The quantitative estimate of drug-likeness (QED) is 0.554. The van der Waals surface area contributed by atoms with Gasteiger partial charge in [-0.15, -0.1) is 0 Å². The van der Waals surface area contributed by atoms with Gasteiger partial charge in [-0.1, -0.05) is 33.4 Å². The summed E-state index contributed by atoms with van der Waals surface area (Å²) in [6.07, 6.45) is 3.71. The highest BCUT2D eigenvalue weighted by Crippen LogP contribution is 2.24. The molecule has 0 N–H and O–H groups in total. The van der Waals surface area contributed by atoms with Crippen molar-refractivity contribution >= 4 is 5.71 Å². The fourth-order valence-corrected chi connectivity index (χ4v) is 0.807. The zero-order chi connectivity index (χ0) is 9.78. The number of hydrogen-bond acceptors (Lipinski definition) is 1. The molecule has 0 saturated carbocycles. The van der Waals surface area contributed by atoms with E-state index < -0.39 is 0 Å². The molecule has 0 spiro atoms. The first-order valence-corrected chi connectivity index (χ1v) is 4.25. The Morgan fingerprint density at radius 3 is 2.17 bits per heavy atom. The number of allylic oxidation sites excluding steroid dienone is 2. The van der Waals surface area contributed by atoms with Gasteiger partial charge in [0, 0.05) is 11.9 Å². The minimum absolute atomic E-state index is 0.120. The summed E-state index contributed by atoms with van der Waals surface area (Å²) >= 11 is 0. The highest BCUT2D eigenvalue weighted by atomic mass is 14.7. The molecule has 0 aromatic rings. The van der Waals surface area contributed by atoms with Crippen LogP contribution in [0.15, 0.2) is 29.4 Å². The Morgan fingerprint density at radius 2 is 1.83 bits per heavy atom. The van der Waals surface area contributed by atoms with Gasteiger partial charge in [-0.05, 0) is 24.8 Å². The van der Waals surface area contributed by atoms with Crippen LogP contribution < -0.4 is 0 Å². The van der Waals surface area contributed by atoms with E-state index in [1.807, 2.05) is 19.9 Å². The molecule has 1 heteroatoms. The highest BCUT2D eigenvalue weighted by Gasteiger charge is 2.16. The SMILES string of the molecule is C=C(C(C)=N/C=C\C)C(C)(C)C. The molecule has 0 heterocycles. The van der Waals surface area contributed by atoms with Crippen LogP contribution in [0, 0.1) is 5.41 Å². The number of hydrogen-bond donors (Lipinski definition) is 0. The lowest BCUT2D eigenvalue weighted by Crippen LogP contribution is -2.14. The molecule has 0 bridgehead atoms. The van der Waals surface area contributed by atoms with Crippen LogP contribution in [0.1, 0.15) is 34.6 Å². The molecule has 0 aromatic carbocycles. The van der Waals surface area contributed by atoms with Gasteiger partial charge in [0.05, 0.1) is 0 Å². The Labute approximate surface area is 75.9 Å². The highest BCUT2D eigenvalue weighted by molar-refractivity contribution is 5.99. The van der Waals surface area contributed by atoms with Crippen LogP contribution in [0.3, 0.4) is 0 Å². The van der Waals surface area contributed by atoms with Crippen molar-refractivity contribution < 1.29 is 0 Å². The van der Waals surface area contributed by atoms with Crippen LogP contribution in [0.4, 0.5) is 0 Å². The first kappa shape index (κ1) is 11.2. The van der Waals surface area contributed by atoms with Crippen molar-refractivity contribution in [3.8, 4) is 0 Å². The van der Waals surface area contributed by atoms with Gasteiger partial charge >= 0.3 is 0 Å². The summed E-state index contributed by atoms with van der Waals surface area (Å²) in [6, 6.07) is 0. The zero-order valence-electron chi connectivity index (χ0n) is 8.81. The molecule has 0 aromatic heterocycles. The molecule has 0 fully saturated rings. The van der Waals surface area contributed by atoms with Gasteiger partial charge < -0.3 is 0 Å². The Balaban J connectivity index is 4.51. The van der Waals surface area contributed by atoms with E-state index in [-0.39, 0.29) is 5.41 Å². The summed E-state index contributed by atoms with van der Waals surface area (Å²) in [7, 11) is 0. The van der Waals surface area contributed by atoms with E-state index in [4.69, 9.17) is 0 Å². The van der Waals surface area contributed by atoms with E-state index >= 15 is 0 Å². The minimum atomic E-state index is 0.120. The topological polar surface area (TPSA) is 12.4 Å². The molecule has 1 nitrogen and oxygen atoms in total. The van der Waals surface area contributed by atoms with E-state index in [2.05, 4.69) is 32.3 Å². The maximum absolute atomic E-state index is 4.25. The first-order chi connectivity index (χ1) is 5.39. The number of aliphatic imine (C=N–C) groups is 1. The van der Waals surface area contributed by atoms with Gasteiger partial charge in [0.1, 0.15) is 0 Å². The van der Waals surface area contributed by atoms with Crippen molar-refractivity contribution in [2.75, 3.05) is 0 Å². The van der Waals surface area contributed by atoms with Crippen LogP contribution in [0.2, 0.25) is 0 Å². The fourth-order valence-electron chi connectivity index (χ4n) is 0.807. The van der Waals surface area contributed by atoms with E-state index in [1.54, 1.807) is 6.20 Å². The van der Waals surface area contributed by atoms with Crippen LogP contribution in [0.25, 0.3) is 0 Å². The predicted molar refractivity (Wildman–Crippen MR) is 56.5 cm³/mol. The second-order valence-corrected chi connectivity index (χ2v) is 3.93. The summed E-state index contributed by atoms with van der Waals surface area (Å²) in [5, 5.41) is 0. The van der Waals surface area contributed by atoms with E-state index in [9.17, 15) is 0 Å². The standard InChI is InChI=1S/C11H19N/c1-7-8-12-10(3)9(2)11(4,5)6/h7-8H,2H2,1,3-6H3/b8-7-,12-10?. The molecule has 0 atom stereocenters. The van der Waals surface area contributed by atoms with Gasteiger partial charge in [-0.2, -0.15) is 0 Å². The van der Waals surface area contributed by atoms with Crippen LogP contribution in [0.5, 0.6) is 0 Å². The van der Waals surface area contributed by atoms with Crippen molar-refractivity contribution in [1.29, 1.82) is 0 Å². The molecule has 0 aliphatic rings. The smallest absolute Gasteiger partial charge is 0.0403 e. The van der Waals surface area contributed by atoms with Crippen LogP contribution in [-0.2, 0) is 0 Å². The second kappa shape index (κ2) is 4.24. The summed E-state index contributed by atoms with van der Waals surface area (Å²) in [5.41, 5.74) is 2.23. The molecule has 0 unspecified atom stereocenters. The molecular formula is C11H19N. The average molecular weight is 165 g/mol. The third kappa shape index (κ3) is 3.51. The molecule has 0 radical (unpaired) electrons. The number of rotatable bonds is 2. The largest absolute Gasteiger partial charge is 0.262 e. The Morgan fingerprint density at radius 1 is 1.33 bits per heavy atom. The maximum Gasteiger partial charge on any atom is 0.0403 e.